The van der Waals surface area contributed by atoms with Crippen molar-refractivity contribution >= 4 is 73.9 Å². The van der Waals surface area contributed by atoms with Crippen LogP contribution in [0.2, 0.25) is 20.1 Å². The summed E-state index contributed by atoms with van der Waals surface area (Å²) in [6, 6.07) is 15.9. The molecule has 0 spiro atoms. The lowest BCUT2D eigenvalue weighted by atomic mass is 10.1. The summed E-state index contributed by atoms with van der Waals surface area (Å²) >= 11 is 24.7. The van der Waals surface area contributed by atoms with E-state index >= 15 is 0 Å². The van der Waals surface area contributed by atoms with E-state index in [0.29, 0.717) is 15.6 Å². The number of carbonyl (C=O) groups is 2. The van der Waals surface area contributed by atoms with Gasteiger partial charge in [-0.25, -0.2) is 8.42 Å². The predicted octanol–water partition coefficient (Wildman–Crippen LogP) is 6.05. The Morgan fingerprint density at radius 1 is 0.895 bits per heavy atom. The summed E-state index contributed by atoms with van der Waals surface area (Å²) in [5, 5.41) is 3.62. The van der Waals surface area contributed by atoms with Crippen LogP contribution in [0.4, 0.5) is 5.69 Å². The Labute approximate surface area is 242 Å². The predicted molar refractivity (Wildman–Crippen MR) is 153 cm³/mol. The van der Waals surface area contributed by atoms with E-state index < -0.39 is 34.4 Å². The van der Waals surface area contributed by atoms with Gasteiger partial charge < -0.3 is 10.2 Å². The van der Waals surface area contributed by atoms with Crippen molar-refractivity contribution in [3.63, 3.8) is 0 Å². The molecular weight excluding hydrogens is 592 g/mol. The van der Waals surface area contributed by atoms with E-state index in [-0.39, 0.29) is 33.6 Å². The molecule has 1 atom stereocenters. The summed E-state index contributed by atoms with van der Waals surface area (Å²) < 4.78 is 28.4. The van der Waals surface area contributed by atoms with E-state index in [9.17, 15) is 18.0 Å². The molecule has 0 aliphatic heterocycles. The molecule has 0 saturated carbocycles. The van der Waals surface area contributed by atoms with Gasteiger partial charge in [0.15, 0.2) is 0 Å². The van der Waals surface area contributed by atoms with Crippen LogP contribution in [0.25, 0.3) is 0 Å². The Bertz CT molecular complexity index is 1420. The van der Waals surface area contributed by atoms with Crippen LogP contribution < -0.4 is 9.62 Å². The molecule has 0 aliphatic rings. The number of rotatable bonds is 10. The summed E-state index contributed by atoms with van der Waals surface area (Å²) in [6.07, 6.45) is 0.273. The quantitative estimate of drug-likeness (QED) is 0.300. The number of nitrogens with zero attached hydrogens (tertiary/aromatic N) is 2. The maximum atomic E-state index is 13.9. The van der Waals surface area contributed by atoms with Gasteiger partial charge in [-0.1, -0.05) is 77.6 Å². The average Bonchev–Trinajstić information content (AvgIpc) is 2.90. The standard InChI is InChI=1S/C26H25Cl4N3O4S/c1-3-24(26(35)31-2)32(15-17-9-10-18(27)13-22(17)29)25(34)16-33(19-11-12-21(28)23(30)14-19)38(36,37)20-7-5-4-6-8-20/h4-14,24H,3,15-16H2,1-2H3,(H,31,35)/t24-/m1/s1. The topological polar surface area (TPSA) is 86.8 Å². The number of likely N-dealkylation sites (N-methyl/N-ethyl adjacent to an activating group) is 1. The third kappa shape index (κ3) is 6.93. The minimum atomic E-state index is -4.22. The molecule has 0 bridgehead atoms. The fraction of sp³-hybridized carbons (Fsp3) is 0.231. The highest BCUT2D eigenvalue weighted by atomic mass is 35.5. The Kier molecular flexibility index (Phi) is 10.3. The molecule has 0 unspecified atom stereocenters. The van der Waals surface area contributed by atoms with Crippen LogP contribution in [-0.4, -0.2) is 44.8 Å². The first-order chi connectivity index (χ1) is 18.0. The smallest absolute Gasteiger partial charge is 0.264 e. The van der Waals surface area contributed by atoms with Crippen molar-refractivity contribution in [3.05, 3.63) is 92.4 Å². The second kappa shape index (κ2) is 13.0. The van der Waals surface area contributed by atoms with Crippen LogP contribution in [0.5, 0.6) is 0 Å². The van der Waals surface area contributed by atoms with E-state index in [2.05, 4.69) is 5.32 Å². The third-order valence-electron chi connectivity index (χ3n) is 5.79. The number of benzene rings is 3. The zero-order chi connectivity index (χ0) is 28.0. The minimum Gasteiger partial charge on any atom is -0.357 e. The van der Waals surface area contributed by atoms with Gasteiger partial charge in [0.25, 0.3) is 10.0 Å². The van der Waals surface area contributed by atoms with Crippen molar-refractivity contribution < 1.29 is 18.0 Å². The van der Waals surface area contributed by atoms with E-state index in [1.807, 2.05) is 0 Å². The molecule has 202 valence electrons. The Balaban J connectivity index is 2.09. The molecule has 3 aromatic carbocycles. The lowest BCUT2D eigenvalue weighted by molar-refractivity contribution is -0.140. The lowest BCUT2D eigenvalue weighted by Gasteiger charge is -2.33. The van der Waals surface area contributed by atoms with E-state index in [0.717, 1.165) is 4.31 Å². The maximum Gasteiger partial charge on any atom is 0.264 e. The van der Waals surface area contributed by atoms with Gasteiger partial charge in [0, 0.05) is 23.6 Å². The van der Waals surface area contributed by atoms with Crippen LogP contribution in [0, 0.1) is 0 Å². The lowest BCUT2D eigenvalue weighted by Crippen LogP contribution is -2.51. The van der Waals surface area contributed by atoms with Gasteiger partial charge in [0.05, 0.1) is 20.6 Å². The van der Waals surface area contributed by atoms with Crippen LogP contribution in [0.3, 0.4) is 0 Å². The molecule has 0 aromatic heterocycles. The van der Waals surface area contributed by atoms with Crippen molar-refractivity contribution in [2.45, 2.75) is 30.8 Å². The largest absolute Gasteiger partial charge is 0.357 e. The fourth-order valence-electron chi connectivity index (χ4n) is 3.81. The van der Waals surface area contributed by atoms with Gasteiger partial charge in [0.1, 0.15) is 12.6 Å². The summed E-state index contributed by atoms with van der Waals surface area (Å²) in [7, 11) is -2.75. The van der Waals surface area contributed by atoms with Gasteiger partial charge in [0.2, 0.25) is 11.8 Å². The first-order valence-electron chi connectivity index (χ1n) is 11.5. The maximum absolute atomic E-state index is 13.9. The number of sulfonamides is 1. The molecule has 38 heavy (non-hydrogen) atoms. The van der Waals surface area contributed by atoms with Crippen LogP contribution in [0.1, 0.15) is 18.9 Å². The molecule has 1 N–H and O–H groups in total. The Morgan fingerprint density at radius 3 is 2.16 bits per heavy atom. The summed E-state index contributed by atoms with van der Waals surface area (Å²) in [4.78, 5) is 27.9. The monoisotopic (exact) mass is 615 g/mol. The minimum absolute atomic E-state index is 0.0236. The number of nitrogens with one attached hydrogen (secondary N) is 1. The second-order valence-corrected chi connectivity index (χ2v) is 11.7. The molecule has 3 rings (SSSR count). The zero-order valence-corrected chi connectivity index (χ0v) is 24.3. The summed E-state index contributed by atoms with van der Waals surface area (Å²) in [6.45, 7) is 1.08. The Hall–Kier alpha value is -2.49. The number of hydrogen-bond donors (Lipinski definition) is 1. The average molecular weight is 617 g/mol. The second-order valence-electron chi connectivity index (χ2n) is 8.22. The molecule has 0 radical (unpaired) electrons. The number of amides is 2. The van der Waals surface area contributed by atoms with Crippen LogP contribution in [-0.2, 0) is 26.2 Å². The van der Waals surface area contributed by atoms with Gasteiger partial charge in [-0.15, -0.1) is 0 Å². The van der Waals surface area contributed by atoms with Crippen molar-refractivity contribution in [1.29, 1.82) is 0 Å². The number of anilines is 1. The highest BCUT2D eigenvalue weighted by molar-refractivity contribution is 7.92. The van der Waals surface area contributed by atoms with E-state index in [1.54, 1.807) is 37.3 Å². The summed E-state index contributed by atoms with van der Waals surface area (Å²) in [5.74, 6) is -1.03. The molecule has 3 aromatic rings. The van der Waals surface area contributed by atoms with Gasteiger partial charge in [-0.2, -0.15) is 0 Å². The van der Waals surface area contributed by atoms with Gasteiger partial charge in [-0.05, 0) is 54.4 Å². The van der Waals surface area contributed by atoms with Gasteiger partial charge >= 0.3 is 0 Å². The summed E-state index contributed by atoms with van der Waals surface area (Å²) in [5.41, 5.74) is 0.674. The molecule has 0 aliphatic carbocycles. The normalized spacial score (nSPS) is 12.1. The highest BCUT2D eigenvalue weighted by Crippen LogP contribution is 2.31. The number of carbonyl (C=O) groups excluding carboxylic acids is 2. The zero-order valence-electron chi connectivity index (χ0n) is 20.5. The van der Waals surface area contributed by atoms with E-state index in [1.165, 1.54) is 48.3 Å². The first kappa shape index (κ1) is 30.1. The molecule has 12 heteroatoms. The first-order valence-corrected chi connectivity index (χ1v) is 14.4. The molecule has 0 fully saturated rings. The van der Waals surface area contributed by atoms with Crippen LogP contribution >= 0.6 is 46.4 Å². The number of halogens is 4. The molecule has 0 saturated heterocycles. The fourth-order valence-corrected chi connectivity index (χ4v) is 6.00. The van der Waals surface area contributed by atoms with Crippen molar-refractivity contribution in [3.8, 4) is 0 Å². The number of hydrogen-bond acceptors (Lipinski definition) is 4. The SMILES string of the molecule is CC[C@H](C(=O)NC)N(Cc1ccc(Cl)cc1Cl)C(=O)CN(c1ccc(Cl)c(Cl)c1)S(=O)(=O)c1ccccc1. The molecule has 0 heterocycles. The van der Waals surface area contributed by atoms with Gasteiger partial charge in [-0.3, -0.25) is 13.9 Å². The molecule has 2 amide bonds. The van der Waals surface area contributed by atoms with Crippen molar-refractivity contribution in [2.75, 3.05) is 17.9 Å². The van der Waals surface area contributed by atoms with Crippen molar-refractivity contribution in [2.24, 2.45) is 0 Å². The van der Waals surface area contributed by atoms with Crippen molar-refractivity contribution in [1.82, 2.24) is 10.2 Å². The highest BCUT2D eigenvalue weighted by Gasteiger charge is 2.33. The van der Waals surface area contributed by atoms with E-state index in [4.69, 9.17) is 46.4 Å². The Morgan fingerprint density at radius 2 is 1.58 bits per heavy atom. The van der Waals surface area contributed by atoms with Crippen LogP contribution in [0.15, 0.2) is 71.6 Å². The molecule has 7 nitrogen and oxygen atoms in total. The molecular formula is C26H25Cl4N3O4S. The third-order valence-corrected chi connectivity index (χ3v) is 8.90.